The third-order valence-corrected chi connectivity index (χ3v) is 7.43. The second-order valence-electron chi connectivity index (χ2n) is 8.31. The van der Waals surface area contributed by atoms with Gasteiger partial charge in [0, 0.05) is 17.5 Å². The highest BCUT2D eigenvalue weighted by Gasteiger charge is 2.66. The van der Waals surface area contributed by atoms with Gasteiger partial charge in [0.15, 0.2) is 0 Å². The van der Waals surface area contributed by atoms with Gasteiger partial charge in [0.05, 0.1) is 12.5 Å². The van der Waals surface area contributed by atoms with Gasteiger partial charge < -0.3 is 9.84 Å². The fourth-order valence-corrected chi connectivity index (χ4v) is 5.96. The molecule has 2 heterocycles. The molecule has 4 bridgehead atoms. The number of nitrogens with zero attached hydrogens (tertiary/aromatic N) is 1. The second kappa shape index (κ2) is 4.98. The molecular weight excluding hydrogens is 302 g/mol. The molecule has 4 nitrogen and oxygen atoms in total. The summed E-state index contributed by atoms with van der Waals surface area (Å²) in [5.74, 6) is 0.259. The molecule has 4 heteroatoms. The summed E-state index contributed by atoms with van der Waals surface area (Å²) in [6.45, 7) is 6.99. The Kier molecular flexibility index (Phi) is 3.31. The number of esters is 1. The number of ether oxygens (including phenoxy) is 1. The van der Waals surface area contributed by atoms with Crippen LogP contribution in [0.3, 0.4) is 0 Å². The lowest BCUT2D eigenvalue weighted by Crippen LogP contribution is -2.73. The molecular formula is C20H27NO3. The SMILES string of the molecule is CCOC(=O)C1C[C@]2(C)C3Cc4ccc(O)cc4[C@]2(C)CC1N3C. The van der Waals surface area contributed by atoms with Crippen molar-refractivity contribution in [2.45, 2.75) is 57.5 Å². The Morgan fingerprint density at radius 1 is 1.38 bits per heavy atom. The van der Waals surface area contributed by atoms with E-state index in [0.717, 1.165) is 19.3 Å². The standard InChI is InChI=1S/C20H27NO3/c1-5-24-18(23)14-10-20(3)17-8-12-6-7-13(22)9-15(12)19(20,2)11-16(14)21(17)4/h6-7,9,14,16-17,22H,5,8,10-11H2,1-4H3/t14?,16?,17?,19-,20+/m0/s1. The fourth-order valence-electron chi connectivity index (χ4n) is 5.96. The monoisotopic (exact) mass is 329 g/mol. The Balaban J connectivity index is 1.81. The van der Waals surface area contributed by atoms with E-state index >= 15 is 0 Å². The summed E-state index contributed by atoms with van der Waals surface area (Å²) >= 11 is 0. The zero-order valence-electron chi connectivity index (χ0n) is 15.0. The molecule has 1 N–H and O–H groups in total. The predicted molar refractivity (Wildman–Crippen MR) is 92.0 cm³/mol. The molecule has 0 radical (unpaired) electrons. The van der Waals surface area contributed by atoms with E-state index in [1.807, 2.05) is 13.0 Å². The van der Waals surface area contributed by atoms with Crippen molar-refractivity contribution in [3.05, 3.63) is 29.3 Å². The minimum absolute atomic E-state index is 0.00865. The zero-order valence-corrected chi connectivity index (χ0v) is 15.0. The number of phenols is 1. The Morgan fingerprint density at radius 2 is 2.12 bits per heavy atom. The molecule has 3 fully saturated rings. The first-order valence-corrected chi connectivity index (χ1v) is 9.03. The van der Waals surface area contributed by atoms with Gasteiger partial charge in [-0.25, -0.2) is 0 Å². The van der Waals surface area contributed by atoms with Crippen LogP contribution in [0, 0.1) is 11.3 Å². The summed E-state index contributed by atoms with van der Waals surface area (Å²) in [7, 11) is 2.17. The molecule has 2 saturated heterocycles. The molecule has 5 rings (SSSR count). The highest BCUT2D eigenvalue weighted by Crippen LogP contribution is 2.65. The van der Waals surface area contributed by atoms with E-state index in [1.54, 1.807) is 6.07 Å². The summed E-state index contributed by atoms with van der Waals surface area (Å²) in [5.41, 5.74) is 2.62. The van der Waals surface area contributed by atoms with Crippen LogP contribution in [0.15, 0.2) is 18.2 Å². The lowest BCUT2D eigenvalue weighted by atomic mass is 9.42. The van der Waals surface area contributed by atoms with Crippen molar-refractivity contribution in [3.8, 4) is 5.75 Å². The van der Waals surface area contributed by atoms with Crippen molar-refractivity contribution in [1.29, 1.82) is 0 Å². The second-order valence-corrected chi connectivity index (χ2v) is 8.31. The number of rotatable bonds is 2. The van der Waals surface area contributed by atoms with Crippen LogP contribution in [0.25, 0.3) is 0 Å². The molecule has 1 aromatic carbocycles. The molecule has 1 aromatic rings. The highest BCUT2D eigenvalue weighted by molar-refractivity contribution is 5.74. The molecule has 24 heavy (non-hydrogen) atoms. The molecule has 130 valence electrons. The quantitative estimate of drug-likeness (QED) is 0.848. The summed E-state index contributed by atoms with van der Waals surface area (Å²) in [4.78, 5) is 14.9. The number of hydrogen-bond acceptors (Lipinski definition) is 4. The van der Waals surface area contributed by atoms with Crippen molar-refractivity contribution in [2.75, 3.05) is 13.7 Å². The van der Waals surface area contributed by atoms with Gasteiger partial charge in [-0.1, -0.05) is 19.9 Å². The van der Waals surface area contributed by atoms with Crippen molar-refractivity contribution in [2.24, 2.45) is 11.3 Å². The molecule has 3 unspecified atom stereocenters. The van der Waals surface area contributed by atoms with Gasteiger partial charge in [0.1, 0.15) is 5.75 Å². The topological polar surface area (TPSA) is 49.8 Å². The summed E-state index contributed by atoms with van der Waals surface area (Å²) in [6, 6.07) is 6.48. The zero-order chi connectivity index (χ0) is 17.3. The number of hydrogen-bond donors (Lipinski definition) is 1. The molecule has 0 spiro atoms. The molecule has 1 saturated carbocycles. The van der Waals surface area contributed by atoms with E-state index in [1.165, 1.54) is 11.1 Å². The van der Waals surface area contributed by atoms with E-state index in [-0.39, 0.29) is 28.8 Å². The summed E-state index contributed by atoms with van der Waals surface area (Å²) in [5, 5.41) is 10.0. The van der Waals surface area contributed by atoms with Crippen LogP contribution in [0.4, 0.5) is 0 Å². The Morgan fingerprint density at radius 3 is 2.83 bits per heavy atom. The Hall–Kier alpha value is -1.55. The van der Waals surface area contributed by atoms with E-state index < -0.39 is 0 Å². The van der Waals surface area contributed by atoms with Crippen LogP contribution in [0.1, 0.15) is 44.7 Å². The highest BCUT2D eigenvalue weighted by atomic mass is 16.5. The number of carbonyl (C=O) groups excluding carboxylic acids is 1. The van der Waals surface area contributed by atoms with E-state index in [0.29, 0.717) is 18.4 Å². The molecule has 4 aliphatic rings. The van der Waals surface area contributed by atoms with Crippen LogP contribution in [-0.4, -0.2) is 41.7 Å². The van der Waals surface area contributed by atoms with Gasteiger partial charge in [-0.3, -0.25) is 9.69 Å². The summed E-state index contributed by atoms with van der Waals surface area (Å²) in [6.07, 6.45) is 2.80. The van der Waals surface area contributed by atoms with Gasteiger partial charge in [0.2, 0.25) is 0 Å². The molecule has 5 atom stereocenters. The number of phenolic OH excluding ortho intramolecular Hbond substituents is 1. The first kappa shape index (κ1) is 15.9. The van der Waals surface area contributed by atoms with Gasteiger partial charge in [-0.15, -0.1) is 0 Å². The average Bonchev–Trinajstić information content (AvgIpc) is 2.53. The number of carbonyl (C=O) groups is 1. The van der Waals surface area contributed by atoms with Crippen molar-refractivity contribution >= 4 is 5.97 Å². The van der Waals surface area contributed by atoms with E-state index in [9.17, 15) is 9.90 Å². The van der Waals surface area contributed by atoms with E-state index in [4.69, 9.17) is 4.74 Å². The number of benzene rings is 1. The molecule has 0 aromatic heterocycles. The third-order valence-electron chi connectivity index (χ3n) is 7.43. The third kappa shape index (κ3) is 1.81. The lowest BCUT2D eigenvalue weighted by Gasteiger charge is -2.69. The smallest absolute Gasteiger partial charge is 0.310 e. The van der Waals surface area contributed by atoms with Crippen molar-refractivity contribution in [1.82, 2.24) is 4.90 Å². The largest absolute Gasteiger partial charge is 0.508 e. The van der Waals surface area contributed by atoms with Crippen LogP contribution < -0.4 is 0 Å². The minimum atomic E-state index is -0.0437. The van der Waals surface area contributed by atoms with Gasteiger partial charge in [-0.05, 0) is 61.9 Å². The number of piperidine rings is 2. The first-order valence-electron chi connectivity index (χ1n) is 9.03. The Bertz CT molecular complexity index is 702. The fraction of sp³-hybridized carbons (Fsp3) is 0.650. The molecule has 0 amide bonds. The maximum Gasteiger partial charge on any atom is 0.310 e. The van der Waals surface area contributed by atoms with E-state index in [2.05, 4.69) is 31.9 Å². The number of aromatic hydroxyl groups is 1. The Labute approximate surface area is 143 Å². The van der Waals surface area contributed by atoms with Crippen molar-refractivity contribution in [3.63, 3.8) is 0 Å². The number of likely N-dealkylation sites (N-methyl/N-ethyl adjacent to an activating group) is 1. The van der Waals surface area contributed by atoms with Crippen LogP contribution in [0.5, 0.6) is 5.75 Å². The minimum Gasteiger partial charge on any atom is -0.508 e. The van der Waals surface area contributed by atoms with Crippen molar-refractivity contribution < 1.29 is 14.6 Å². The first-order chi connectivity index (χ1) is 11.3. The van der Waals surface area contributed by atoms with Gasteiger partial charge in [0.25, 0.3) is 0 Å². The van der Waals surface area contributed by atoms with Crippen LogP contribution in [-0.2, 0) is 21.4 Å². The van der Waals surface area contributed by atoms with Crippen LogP contribution in [0.2, 0.25) is 0 Å². The summed E-state index contributed by atoms with van der Waals surface area (Å²) < 4.78 is 5.37. The molecule has 2 aliphatic carbocycles. The molecule has 2 aliphatic heterocycles. The van der Waals surface area contributed by atoms with Crippen LogP contribution >= 0.6 is 0 Å². The number of fused-ring (bicyclic) bond motifs is 2. The lowest BCUT2D eigenvalue weighted by molar-refractivity contribution is -0.180. The predicted octanol–water partition coefficient (Wildman–Crippen LogP) is 2.87. The maximum absolute atomic E-state index is 12.5. The average molecular weight is 329 g/mol. The normalized spacial score (nSPS) is 40.2. The maximum atomic E-state index is 12.5. The van der Waals surface area contributed by atoms with Gasteiger partial charge >= 0.3 is 5.97 Å². The van der Waals surface area contributed by atoms with Gasteiger partial charge in [-0.2, -0.15) is 0 Å².